The normalized spacial score (nSPS) is 18.4. The fraction of sp³-hybridized carbons (Fsp3) is 0.400. The number of rotatable bonds is 4. The van der Waals surface area contributed by atoms with Gasteiger partial charge in [-0.25, -0.2) is 15.0 Å². The van der Waals surface area contributed by atoms with Crippen molar-refractivity contribution in [1.29, 1.82) is 0 Å². The van der Waals surface area contributed by atoms with Gasteiger partial charge in [0.25, 0.3) is 5.91 Å². The molecule has 1 aliphatic rings. The van der Waals surface area contributed by atoms with E-state index in [9.17, 15) is 4.79 Å². The van der Waals surface area contributed by atoms with Crippen molar-refractivity contribution in [2.45, 2.75) is 6.42 Å². The molecule has 0 aromatic carbocycles. The number of anilines is 1. The number of amides is 1. The van der Waals surface area contributed by atoms with Crippen LogP contribution in [0.5, 0.6) is 0 Å². The van der Waals surface area contributed by atoms with E-state index in [-0.39, 0.29) is 11.6 Å². The van der Waals surface area contributed by atoms with E-state index in [4.69, 9.17) is 10.5 Å². The summed E-state index contributed by atoms with van der Waals surface area (Å²) in [5.41, 5.74) is 6.15. The van der Waals surface area contributed by atoms with Gasteiger partial charge in [-0.1, -0.05) is 0 Å². The minimum absolute atomic E-state index is 0.171. The molecule has 0 bridgehead atoms. The lowest BCUT2D eigenvalue weighted by molar-refractivity contribution is 0.0995. The third-order valence-electron chi connectivity index (χ3n) is 3.63. The first kappa shape index (κ1) is 15.3. The Bertz CT molecular complexity index is 649. The van der Waals surface area contributed by atoms with Gasteiger partial charge in [0, 0.05) is 37.6 Å². The molecule has 2 aromatic rings. The molecule has 0 radical (unpaired) electrons. The Hall–Kier alpha value is -2.61. The highest BCUT2D eigenvalue weighted by molar-refractivity contribution is 5.90. The van der Waals surface area contributed by atoms with Crippen LogP contribution in [0, 0.1) is 5.92 Å². The lowest BCUT2D eigenvalue weighted by atomic mass is 10.0. The first-order valence-electron chi connectivity index (χ1n) is 7.43. The van der Waals surface area contributed by atoms with Gasteiger partial charge in [0.05, 0.1) is 25.1 Å². The molecule has 0 aliphatic carbocycles. The van der Waals surface area contributed by atoms with E-state index in [0.717, 1.165) is 18.8 Å². The summed E-state index contributed by atoms with van der Waals surface area (Å²) < 4.78 is 5.67. The predicted molar refractivity (Wildman–Crippen MR) is 82.8 cm³/mol. The first-order valence-corrected chi connectivity index (χ1v) is 7.43. The maximum atomic E-state index is 11.0. The molecule has 8 heteroatoms. The molecule has 2 N–H and O–H groups in total. The van der Waals surface area contributed by atoms with Gasteiger partial charge in [-0.15, -0.1) is 0 Å². The highest BCUT2D eigenvalue weighted by Crippen LogP contribution is 2.16. The minimum atomic E-state index is -0.575. The maximum absolute atomic E-state index is 11.0. The van der Waals surface area contributed by atoms with Gasteiger partial charge in [0.15, 0.2) is 0 Å². The minimum Gasteiger partial charge on any atom is -0.379 e. The number of aromatic nitrogens is 4. The standard InChI is InChI=1S/C15H18N6O2/c16-14(22)13-8-19-12(7-20-13)6-11-9-21(4-5-23-10-11)15-17-2-1-3-18-15/h1-3,7-8,11H,4-6,9-10H2,(H2,16,22)/t11-/m1/s1. The van der Waals surface area contributed by atoms with Crippen LogP contribution in [-0.2, 0) is 11.2 Å². The van der Waals surface area contributed by atoms with Crippen LogP contribution >= 0.6 is 0 Å². The average Bonchev–Trinajstić information content (AvgIpc) is 2.82. The first-order chi connectivity index (χ1) is 11.2. The van der Waals surface area contributed by atoms with Crippen molar-refractivity contribution < 1.29 is 9.53 Å². The molecule has 1 aliphatic heterocycles. The molecule has 3 heterocycles. The number of ether oxygens (including phenoxy) is 1. The number of carbonyl (C=O) groups excluding carboxylic acids is 1. The van der Waals surface area contributed by atoms with E-state index < -0.39 is 5.91 Å². The summed E-state index contributed by atoms with van der Waals surface area (Å²) in [6, 6.07) is 1.80. The van der Waals surface area contributed by atoms with Gasteiger partial charge in [-0.05, 0) is 12.5 Å². The number of hydrogen-bond acceptors (Lipinski definition) is 7. The van der Waals surface area contributed by atoms with Gasteiger partial charge in [-0.3, -0.25) is 9.78 Å². The fourth-order valence-corrected chi connectivity index (χ4v) is 2.52. The molecule has 0 spiro atoms. The van der Waals surface area contributed by atoms with Crippen LogP contribution in [-0.4, -0.2) is 52.1 Å². The average molecular weight is 314 g/mol. The monoisotopic (exact) mass is 314 g/mol. The molecule has 1 saturated heterocycles. The molecule has 23 heavy (non-hydrogen) atoms. The Labute approximate surface area is 133 Å². The van der Waals surface area contributed by atoms with Crippen molar-refractivity contribution >= 4 is 11.9 Å². The molecule has 1 atom stereocenters. The summed E-state index contributed by atoms with van der Waals surface area (Å²) in [6.45, 7) is 2.82. The molecule has 2 aromatic heterocycles. The van der Waals surface area contributed by atoms with Crippen molar-refractivity contribution in [2.75, 3.05) is 31.2 Å². The number of primary amides is 1. The van der Waals surface area contributed by atoms with E-state index in [0.29, 0.717) is 25.6 Å². The van der Waals surface area contributed by atoms with Crippen LogP contribution in [0.4, 0.5) is 5.95 Å². The van der Waals surface area contributed by atoms with Crippen molar-refractivity contribution in [3.63, 3.8) is 0 Å². The number of nitrogens with two attached hydrogens (primary N) is 1. The molecule has 0 unspecified atom stereocenters. The molecule has 1 fully saturated rings. The van der Waals surface area contributed by atoms with Crippen LogP contribution in [0.1, 0.15) is 16.2 Å². The maximum Gasteiger partial charge on any atom is 0.268 e. The quantitative estimate of drug-likeness (QED) is 0.850. The van der Waals surface area contributed by atoms with Crippen LogP contribution in [0.2, 0.25) is 0 Å². The second-order valence-electron chi connectivity index (χ2n) is 5.40. The molecule has 0 saturated carbocycles. The molecule has 1 amide bonds. The van der Waals surface area contributed by atoms with E-state index in [1.807, 2.05) is 0 Å². The topological polar surface area (TPSA) is 107 Å². The smallest absolute Gasteiger partial charge is 0.268 e. The van der Waals surface area contributed by atoms with Crippen molar-refractivity contribution in [1.82, 2.24) is 19.9 Å². The van der Waals surface area contributed by atoms with Crippen LogP contribution in [0.3, 0.4) is 0 Å². The van der Waals surface area contributed by atoms with E-state index in [2.05, 4.69) is 24.8 Å². The SMILES string of the molecule is NC(=O)c1cnc(C[C@H]2COCCN(c3ncccn3)C2)cn1. The lowest BCUT2D eigenvalue weighted by Crippen LogP contribution is -2.32. The third-order valence-corrected chi connectivity index (χ3v) is 3.63. The largest absolute Gasteiger partial charge is 0.379 e. The second-order valence-corrected chi connectivity index (χ2v) is 5.40. The van der Waals surface area contributed by atoms with Gasteiger partial charge < -0.3 is 15.4 Å². The van der Waals surface area contributed by atoms with Gasteiger partial charge in [-0.2, -0.15) is 0 Å². The summed E-state index contributed by atoms with van der Waals surface area (Å²) in [7, 11) is 0. The van der Waals surface area contributed by atoms with Crippen LogP contribution in [0.25, 0.3) is 0 Å². The highest BCUT2D eigenvalue weighted by atomic mass is 16.5. The molecule has 120 valence electrons. The summed E-state index contributed by atoms with van der Waals surface area (Å²) in [5, 5.41) is 0. The summed E-state index contributed by atoms with van der Waals surface area (Å²) in [6.07, 6.45) is 7.17. The van der Waals surface area contributed by atoms with Gasteiger partial charge >= 0.3 is 0 Å². The highest BCUT2D eigenvalue weighted by Gasteiger charge is 2.21. The Balaban J connectivity index is 1.68. The van der Waals surface area contributed by atoms with Crippen LogP contribution < -0.4 is 10.6 Å². The van der Waals surface area contributed by atoms with Gasteiger partial charge in [0.2, 0.25) is 5.95 Å². The fourth-order valence-electron chi connectivity index (χ4n) is 2.52. The molecule has 3 rings (SSSR count). The summed E-state index contributed by atoms with van der Waals surface area (Å²) >= 11 is 0. The van der Waals surface area contributed by atoms with Crippen molar-refractivity contribution in [3.8, 4) is 0 Å². The Morgan fingerprint density at radius 2 is 2.09 bits per heavy atom. The number of carbonyl (C=O) groups is 1. The molecular formula is C15H18N6O2. The zero-order chi connectivity index (χ0) is 16.1. The zero-order valence-corrected chi connectivity index (χ0v) is 12.6. The molecular weight excluding hydrogens is 296 g/mol. The van der Waals surface area contributed by atoms with Gasteiger partial charge in [0.1, 0.15) is 5.69 Å². The zero-order valence-electron chi connectivity index (χ0n) is 12.6. The van der Waals surface area contributed by atoms with E-state index in [1.54, 1.807) is 24.7 Å². The Morgan fingerprint density at radius 1 is 1.26 bits per heavy atom. The number of hydrogen-bond donors (Lipinski definition) is 1. The summed E-state index contributed by atoms with van der Waals surface area (Å²) in [5.74, 6) is 0.377. The Kier molecular flexibility index (Phi) is 4.72. The predicted octanol–water partition coefficient (Wildman–Crippen LogP) is 0.0610. The molecule has 8 nitrogen and oxygen atoms in total. The lowest BCUT2D eigenvalue weighted by Gasteiger charge is -2.23. The van der Waals surface area contributed by atoms with E-state index >= 15 is 0 Å². The third kappa shape index (κ3) is 3.98. The van der Waals surface area contributed by atoms with Crippen LogP contribution in [0.15, 0.2) is 30.9 Å². The van der Waals surface area contributed by atoms with Crippen molar-refractivity contribution in [3.05, 3.63) is 42.2 Å². The number of nitrogens with zero attached hydrogens (tertiary/aromatic N) is 5. The van der Waals surface area contributed by atoms with Crippen molar-refractivity contribution in [2.24, 2.45) is 11.7 Å². The summed E-state index contributed by atoms with van der Waals surface area (Å²) in [4.78, 5) is 30.0. The van der Waals surface area contributed by atoms with E-state index in [1.165, 1.54) is 6.20 Å². The Morgan fingerprint density at radius 3 is 2.78 bits per heavy atom. The second kappa shape index (κ2) is 7.10.